The summed E-state index contributed by atoms with van der Waals surface area (Å²) in [4.78, 5) is 21.5. The molecule has 0 saturated carbocycles. The SMILES string of the molecule is O=C(O)c1n[nH]c2c1CC(C(=O)O)NC2. The Morgan fingerprint density at radius 3 is 2.73 bits per heavy atom. The van der Waals surface area contributed by atoms with Gasteiger partial charge in [-0.15, -0.1) is 0 Å². The molecule has 0 spiro atoms. The average Bonchev–Trinajstić information content (AvgIpc) is 2.59. The molecule has 1 aromatic rings. The number of aromatic nitrogens is 2. The van der Waals surface area contributed by atoms with E-state index >= 15 is 0 Å². The van der Waals surface area contributed by atoms with Gasteiger partial charge in [0.2, 0.25) is 0 Å². The molecule has 1 unspecified atom stereocenters. The molecule has 0 fully saturated rings. The predicted octanol–water partition coefficient (Wildman–Crippen LogP) is -0.793. The molecule has 1 aromatic heterocycles. The van der Waals surface area contributed by atoms with Crippen LogP contribution in [0.5, 0.6) is 0 Å². The Kier molecular flexibility index (Phi) is 2.16. The highest BCUT2D eigenvalue weighted by molar-refractivity contribution is 5.88. The summed E-state index contributed by atoms with van der Waals surface area (Å²) < 4.78 is 0. The van der Waals surface area contributed by atoms with Gasteiger partial charge in [-0.3, -0.25) is 15.2 Å². The fraction of sp³-hybridized carbons (Fsp3) is 0.375. The highest BCUT2D eigenvalue weighted by Crippen LogP contribution is 2.18. The van der Waals surface area contributed by atoms with Crippen LogP contribution in [0.25, 0.3) is 0 Å². The van der Waals surface area contributed by atoms with Gasteiger partial charge >= 0.3 is 11.9 Å². The van der Waals surface area contributed by atoms with E-state index in [0.29, 0.717) is 17.8 Å². The van der Waals surface area contributed by atoms with E-state index in [-0.39, 0.29) is 12.1 Å². The number of hydrogen-bond acceptors (Lipinski definition) is 4. The van der Waals surface area contributed by atoms with Gasteiger partial charge in [0.05, 0.1) is 5.69 Å². The number of rotatable bonds is 2. The zero-order valence-electron chi connectivity index (χ0n) is 7.65. The van der Waals surface area contributed by atoms with Gasteiger partial charge in [0.25, 0.3) is 0 Å². The van der Waals surface area contributed by atoms with E-state index in [1.165, 1.54) is 0 Å². The van der Waals surface area contributed by atoms with Crippen molar-refractivity contribution in [1.82, 2.24) is 15.5 Å². The number of fused-ring (bicyclic) bond motifs is 1. The molecule has 4 N–H and O–H groups in total. The Morgan fingerprint density at radius 2 is 2.13 bits per heavy atom. The first-order valence-corrected chi connectivity index (χ1v) is 4.35. The molecule has 2 heterocycles. The number of nitrogens with zero attached hydrogens (tertiary/aromatic N) is 1. The molecule has 0 bridgehead atoms. The van der Waals surface area contributed by atoms with Gasteiger partial charge in [-0.25, -0.2) is 4.79 Å². The van der Waals surface area contributed by atoms with E-state index in [4.69, 9.17) is 10.2 Å². The van der Waals surface area contributed by atoms with Gasteiger partial charge in [0.15, 0.2) is 5.69 Å². The first-order chi connectivity index (χ1) is 7.09. The van der Waals surface area contributed by atoms with Crippen LogP contribution in [0, 0.1) is 0 Å². The normalized spacial score (nSPS) is 19.6. The summed E-state index contributed by atoms with van der Waals surface area (Å²) in [6.07, 6.45) is 0.142. The van der Waals surface area contributed by atoms with Crippen molar-refractivity contribution in [2.24, 2.45) is 0 Å². The van der Waals surface area contributed by atoms with E-state index in [1.807, 2.05) is 0 Å². The maximum absolute atomic E-state index is 10.8. The Labute approximate surface area is 84.1 Å². The minimum atomic E-state index is -1.14. The third-order valence-electron chi connectivity index (χ3n) is 2.39. The highest BCUT2D eigenvalue weighted by Gasteiger charge is 2.29. The summed E-state index contributed by atoms with van der Waals surface area (Å²) in [5.74, 6) is -2.13. The lowest BCUT2D eigenvalue weighted by atomic mass is 9.99. The zero-order chi connectivity index (χ0) is 11.0. The molecule has 2 rings (SSSR count). The molecule has 1 aliphatic heterocycles. The lowest BCUT2D eigenvalue weighted by Gasteiger charge is -2.19. The van der Waals surface area contributed by atoms with Crippen molar-refractivity contribution in [2.45, 2.75) is 19.0 Å². The van der Waals surface area contributed by atoms with Gasteiger partial charge in [-0.05, 0) is 0 Å². The number of aliphatic carboxylic acids is 1. The van der Waals surface area contributed by atoms with Crippen LogP contribution >= 0.6 is 0 Å². The molecule has 1 aliphatic rings. The molecular formula is C8H9N3O4. The van der Waals surface area contributed by atoms with E-state index in [2.05, 4.69) is 15.5 Å². The molecule has 0 radical (unpaired) electrons. The molecule has 7 heteroatoms. The number of hydrogen-bond donors (Lipinski definition) is 4. The third kappa shape index (κ3) is 1.57. The predicted molar refractivity (Wildman–Crippen MR) is 47.5 cm³/mol. The van der Waals surface area contributed by atoms with Crippen LogP contribution in [-0.4, -0.2) is 38.4 Å². The first-order valence-electron chi connectivity index (χ1n) is 4.35. The minimum Gasteiger partial charge on any atom is -0.480 e. The van der Waals surface area contributed by atoms with E-state index < -0.39 is 18.0 Å². The maximum Gasteiger partial charge on any atom is 0.356 e. The zero-order valence-corrected chi connectivity index (χ0v) is 7.65. The molecule has 0 aliphatic carbocycles. The summed E-state index contributed by atoms with van der Waals surface area (Å²) in [5, 5.41) is 26.6. The van der Waals surface area contributed by atoms with Crippen LogP contribution in [0.2, 0.25) is 0 Å². The van der Waals surface area contributed by atoms with Crippen molar-refractivity contribution in [3.05, 3.63) is 17.0 Å². The first kappa shape index (κ1) is 9.66. The molecule has 80 valence electrons. The smallest absolute Gasteiger partial charge is 0.356 e. The molecule has 15 heavy (non-hydrogen) atoms. The Hall–Kier alpha value is -1.89. The molecule has 0 saturated heterocycles. The number of carboxylic acid groups (broad SMARTS) is 2. The van der Waals surface area contributed by atoms with Crippen LogP contribution in [0.1, 0.15) is 21.7 Å². The molecule has 0 amide bonds. The Balaban J connectivity index is 2.34. The summed E-state index contributed by atoms with van der Waals surface area (Å²) in [5.41, 5.74) is 1.04. The number of aromatic amines is 1. The summed E-state index contributed by atoms with van der Waals surface area (Å²) in [7, 11) is 0. The molecule has 7 nitrogen and oxygen atoms in total. The quantitative estimate of drug-likeness (QED) is 0.509. The van der Waals surface area contributed by atoms with Crippen molar-refractivity contribution in [3.8, 4) is 0 Å². The van der Waals surface area contributed by atoms with Gasteiger partial charge in [-0.2, -0.15) is 5.10 Å². The Bertz CT molecular complexity index is 426. The fourth-order valence-corrected chi connectivity index (χ4v) is 1.62. The standard InChI is InChI=1S/C8H9N3O4/c12-7(13)4-1-3-5(2-9-4)10-11-6(3)8(14)15/h4,9H,1-2H2,(H,10,11)(H,12,13)(H,14,15). The van der Waals surface area contributed by atoms with E-state index in [9.17, 15) is 9.59 Å². The second-order valence-electron chi connectivity index (χ2n) is 3.31. The second-order valence-corrected chi connectivity index (χ2v) is 3.31. The molecule has 0 aromatic carbocycles. The summed E-state index contributed by atoms with van der Waals surface area (Å²) in [6.45, 7) is 0.298. The van der Waals surface area contributed by atoms with Crippen LogP contribution < -0.4 is 5.32 Å². The van der Waals surface area contributed by atoms with Gasteiger partial charge in [-0.1, -0.05) is 0 Å². The number of aromatic carboxylic acids is 1. The largest absolute Gasteiger partial charge is 0.480 e. The number of carbonyl (C=O) groups is 2. The van der Waals surface area contributed by atoms with Gasteiger partial charge < -0.3 is 10.2 Å². The Morgan fingerprint density at radius 1 is 1.40 bits per heavy atom. The van der Waals surface area contributed by atoms with E-state index in [1.54, 1.807) is 0 Å². The monoisotopic (exact) mass is 211 g/mol. The lowest BCUT2D eigenvalue weighted by Crippen LogP contribution is -2.41. The topological polar surface area (TPSA) is 115 Å². The van der Waals surface area contributed by atoms with Crippen LogP contribution in [0.4, 0.5) is 0 Å². The molecule has 1 atom stereocenters. The number of nitrogens with one attached hydrogen (secondary N) is 2. The fourth-order valence-electron chi connectivity index (χ4n) is 1.62. The van der Waals surface area contributed by atoms with Crippen LogP contribution in [0.15, 0.2) is 0 Å². The van der Waals surface area contributed by atoms with Crippen molar-refractivity contribution >= 4 is 11.9 Å². The molecular weight excluding hydrogens is 202 g/mol. The van der Waals surface area contributed by atoms with Gasteiger partial charge in [0.1, 0.15) is 6.04 Å². The number of carboxylic acids is 2. The van der Waals surface area contributed by atoms with Crippen molar-refractivity contribution in [1.29, 1.82) is 0 Å². The third-order valence-corrected chi connectivity index (χ3v) is 2.39. The number of H-pyrrole nitrogens is 1. The average molecular weight is 211 g/mol. The van der Waals surface area contributed by atoms with Crippen LogP contribution in [-0.2, 0) is 17.8 Å². The van der Waals surface area contributed by atoms with Crippen molar-refractivity contribution in [2.75, 3.05) is 0 Å². The van der Waals surface area contributed by atoms with Gasteiger partial charge in [0, 0.05) is 18.5 Å². The van der Waals surface area contributed by atoms with Crippen LogP contribution in [0.3, 0.4) is 0 Å². The van der Waals surface area contributed by atoms with Crippen molar-refractivity contribution in [3.63, 3.8) is 0 Å². The van der Waals surface area contributed by atoms with E-state index in [0.717, 1.165) is 0 Å². The minimum absolute atomic E-state index is 0.0854. The summed E-state index contributed by atoms with van der Waals surface area (Å²) >= 11 is 0. The second kappa shape index (κ2) is 3.35. The summed E-state index contributed by atoms with van der Waals surface area (Å²) in [6, 6.07) is -0.742. The lowest BCUT2D eigenvalue weighted by molar-refractivity contribution is -0.139. The maximum atomic E-state index is 10.8. The highest BCUT2D eigenvalue weighted by atomic mass is 16.4. The van der Waals surface area contributed by atoms with Crippen molar-refractivity contribution < 1.29 is 19.8 Å².